The number of hydrogen-bond donors (Lipinski definition) is 2. The summed E-state index contributed by atoms with van der Waals surface area (Å²) in [5.74, 6) is 0.185. The van der Waals surface area contributed by atoms with Crippen LogP contribution in [0.3, 0.4) is 0 Å². The number of rotatable bonds is 8. The normalized spacial score (nSPS) is 11.3. The molecule has 0 amide bonds. The first-order chi connectivity index (χ1) is 12.5. The van der Waals surface area contributed by atoms with Crippen molar-refractivity contribution in [1.29, 1.82) is 0 Å². The van der Waals surface area contributed by atoms with E-state index in [9.17, 15) is 10.1 Å². The summed E-state index contributed by atoms with van der Waals surface area (Å²) in [5, 5.41) is 17.5. The number of allylic oxidation sites excluding steroid dienone is 1. The van der Waals surface area contributed by atoms with Crippen LogP contribution in [0.2, 0.25) is 0 Å². The quantitative estimate of drug-likeness (QED) is 0.331. The van der Waals surface area contributed by atoms with Crippen molar-refractivity contribution in [1.82, 2.24) is 10.6 Å². The zero-order valence-corrected chi connectivity index (χ0v) is 16.7. The molecule has 0 unspecified atom stereocenters. The van der Waals surface area contributed by atoms with Crippen LogP contribution < -0.4 is 10.6 Å². The molecule has 0 aliphatic rings. The van der Waals surface area contributed by atoms with Gasteiger partial charge >= 0.3 is 5.70 Å². The third-order valence-corrected chi connectivity index (χ3v) is 4.70. The predicted octanol–water partition coefficient (Wildman–Crippen LogP) is 5.05. The average molecular weight is 457 g/mol. The van der Waals surface area contributed by atoms with E-state index in [-0.39, 0.29) is 20.5 Å². The number of nitrogens with one attached hydrogen (secondary N) is 2. The van der Waals surface area contributed by atoms with Crippen molar-refractivity contribution in [3.05, 3.63) is 102 Å². The SMILES string of the molecule is O=[N+]([O-])C(=C(NCc1ccccc1)NCc1ccccc1)/C(Cl)=C(/Cl)Br. The van der Waals surface area contributed by atoms with E-state index >= 15 is 0 Å². The number of halogens is 3. The van der Waals surface area contributed by atoms with Gasteiger partial charge in [0.1, 0.15) is 8.97 Å². The molecule has 2 rings (SSSR count). The van der Waals surface area contributed by atoms with Crippen molar-refractivity contribution in [2.24, 2.45) is 0 Å². The second-order valence-electron chi connectivity index (χ2n) is 5.23. The molecule has 0 radical (unpaired) electrons. The van der Waals surface area contributed by atoms with E-state index < -0.39 is 4.92 Å². The fourth-order valence-corrected chi connectivity index (χ4v) is 2.61. The monoisotopic (exact) mass is 455 g/mol. The molecule has 0 fully saturated rings. The minimum absolute atomic E-state index is 0.0358. The summed E-state index contributed by atoms with van der Waals surface area (Å²) >= 11 is 14.9. The van der Waals surface area contributed by atoms with Gasteiger partial charge in [-0.1, -0.05) is 83.9 Å². The highest BCUT2D eigenvalue weighted by Gasteiger charge is 2.25. The second-order valence-corrected chi connectivity index (χ2v) is 7.24. The van der Waals surface area contributed by atoms with Crippen LogP contribution in [-0.2, 0) is 13.1 Å². The Morgan fingerprint density at radius 3 is 1.69 bits per heavy atom. The maximum atomic E-state index is 11.6. The summed E-state index contributed by atoms with van der Waals surface area (Å²) in [6.07, 6.45) is 0. The Bertz CT molecular complexity index is 762. The molecule has 0 saturated carbocycles. The highest BCUT2D eigenvalue weighted by atomic mass is 79.9. The molecule has 2 aromatic carbocycles. The third kappa shape index (κ3) is 6.05. The second kappa shape index (κ2) is 10.2. The summed E-state index contributed by atoms with van der Waals surface area (Å²) in [6.45, 7) is 0.777. The predicted molar refractivity (Wildman–Crippen MR) is 108 cm³/mol. The Balaban J connectivity index is 2.30. The highest BCUT2D eigenvalue weighted by Crippen LogP contribution is 2.28. The molecular weight excluding hydrogens is 441 g/mol. The largest absolute Gasteiger partial charge is 0.362 e. The summed E-state index contributed by atoms with van der Waals surface area (Å²) in [6, 6.07) is 19.1. The topological polar surface area (TPSA) is 67.2 Å². The van der Waals surface area contributed by atoms with Crippen molar-refractivity contribution >= 4 is 39.1 Å². The van der Waals surface area contributed by atoms with Crippen LogP contribution in [0.25, 0.3) is 0 Å². The van der Waals surface area contributed by atoms with Gasteiger partial charge in [-0.05, 0) is 27.1 Å². The molecule has 0 aliphatic carbocycles. The Hall–Kier alpha value is -2.02. The smallest absolute Gasteiger partial charge is 0.329 e. The first-order valence-corrected chi connectivity index (χ1v) is 9.19. The minimum atomic E-state index is -0.572. The van der Waals surface area contributed by atoms with E-state index in [1.807, 2.05) is 60.7 Å². The van der Waals surface area contributed by atoms with Gasteiger partial charge < -0.3 is 10.6 Å². The van der Waals surface area contributed by atoms with Gasteiger partial charge in [0.15, 0.2) is 5.82 Å². The van der Waals surface area contributed by atoms with Gasteiger partial charge in [-0.25, -0.2) is 0 Å². The summed E-state index contributed by atoms with van der Waals surface area (Å²) in [5.41, 5.74) is 1.61. The van der Waals surface area contributed by atoms with E-state index in [2.05, 4.69) is 26.6 Å². The average Bonchev–Trinajstić information content (AvgIpc) is 2.64. The Morgan fingerprint density at radius 2 is 1.35 bits per heavy atom. The van der Waals surface area contributed by atoms with Crippen LogP contribution in [0.5, 0.6) is 0 Å². The molecule has 2 N–H and O–H groups in total. The van der Waals surface area contributed by atoms with E-state index in [1.165, 1.54) is 0 Å². The van der Waals surface area contributed by atoms with Crippen LogP contribution in [0.15, 0.2) is 81.2 Å². The molecule has 2 aromatic rings. The van der Waals surface area contributed by atoms with Crippen molar-refractivity contribution in [3.8, 4) is 0 Å². The van der Waals surface area contributed by atoms with Crippen LogP contribution in [-0.4, -0.2) is 4.92 Å². The number of nitrogens with zero attached hydrogens (tertiary/aromatic N) is 1. The molecule has 26 heavy (non-hydrogen) atoms. The fourth-order valence-electron chi connectivity index (χ4n) is 2.17. The van der Waals surface area contributed by atoms with Crippen molar-refractivity contribution < 1.29 is 4.92 Å². The number of benzene rings is 2. The molecule has 136 valence electrons. The van der Waals surface area contributed by atoms with Gasteiger partial charge in [-0.15, -0.1) is 0 Å². The van der Waals surface area contributed by atoms with Crippen molar-refractivity contribution in [3.63, 3.8) is 0 Å². The molecule has 0 aliphatic heterocycles. The van der Waals surface area contributed by atoms with Gasteiger partial charge in [0, 0.05) is 13.1 Å². The van der Waals surface area contributed by atoms with Gasteiger partial charge in [0.2, 0.25) is 0 Å². The Kier molecular flexibility index (Phi) is 7.97. The lowest BCUT2D eigenvalue weighted by Crippen LogP contribution is -2.29. The summed E-state index contributed by atoms with van der Waals surface area (Å²) in [4.78, 5) is 11.0. The van der Waals surface area contributed by atoms with Crippen LogP contribution in [0, 0.1) is 10.1 Å². The lowest BCUT2D eigenvalue weighted by atomic mass is 10.2. The van der Waals surface area contributed by atoms with Gasteiger partial charge in [-0.2, -0.15) is 0 Å². The van der Waals surface area contributed by atoms with Crippen molar-refractivity contribution in [2.75, 3.05) is 0 Å². The van der Waals surface area contributed by atoms with Crippen LogP contribution in [0.1, 0.15) is 11.1 Å². The van der Waals surface area contributed by atoms with E-state index in [4.69, 9.17) is 23.2 Å². The zero-order chi connectivity index (χ0) is 18.9. The fraction of sp³-hybridized carbons (Fsp3) is 0.111. The maximum absolute atomic E-state index is 11.6. The van der Waals surface area contributed by atoms with E-state index in [0.29, 0.717) is 13.1 Å². The van der Waals surface area contributed by atoms with Crippen LogP contribution in [0.4, 0.5) is 0 Å². The molecule has 0 spiro atoms. The zero-order valence-electron chi connectivity index (χ0n) is 13.6. The summed E-state index contributed by atoms with van der Waals surface area (Å²) in [7, 11) is 0. The standard InChI is InChI=1S/C18H16BrCl2N3O2/c19-17(21)15(20)16(24(25)26)18(22-11-13-7-3-1-4-8-13)23-12-14-9-5-2-6-10-14/h1-10,22-23H,11-12H2/b17-15-. The molecular formula is C18H16BrCl2N3O2. The molecule has 0 saturated heterocycles. The molecule has 0 aromatic heterocycles. The Labute approximate surface area is 170 Å². The van der Waals surface area contributed by atoms with Gasteiger partial charge in [-0.3, -0.25) is 10.1 Å². The van der Waals surface area contributed by atoms with Crippen molar-refractivity contribution in [2.45, 2.75) is 13.1 Å². The summed E-state index contributed by atoms with van der Waals surface area (Å²) < 4.78 is -0.0358. The first-order valence-electron chi connectivity index (χ1n) is 7.64. The lowest BCUT2D eigenvalue weighted by Gasteiger charge is -2.14. The maximum Gasteiger partial charge on any atom is 0.329 e. The minimum Gasteiger partial charge on any atom is -0.362 e. The molecule has 0 heterocycles. The number of hydrogen-bond acceptors (Lipinski definition) is 4. The lowest BCUT2D eigenvalue weighted by molar-refractivity contribution is -0.421. The number of nitro groups is 1. The molecule has 0 bridgehead atoms. The van der Waals surface area contributed by atoms with Gasteiger partial charge in [0.25, 0.3) is 0 Å². The molecule has 8 heteroatoms. The molecule has 5 nitrogen and oxygen atoms in total. The van der Waals surface area contributed by atoms with Crippen LogP contribution >= 0.6 is 39.1 Å². The van der Waals surface area contributed by atoms with E-state index in [1.54, 1.807) is 0 Å². The first kappa shape index (κ1) is 20.3. The van der Waals surface area contributed by atoms with Gasteiger partial charge in [0.05, 0.1) is 4.92 Å². The Morgan fingerprint density at radius 1 is 0.923 bits per heavy atom. The highest BCUT2D eigenvalue weighted by molar-refractivity contribution is 9.12. The third-order valence-electron chi connectivity index (χ3n) is 3.42. The molecule has 0 atom stereocenters. The van der Waals surface area contributed by atoms with E-state index in [0.717, 1.165) is 11.1 Å².